The van der Waals surface area contributed by atoms with E-state index in [1.165, 1.54) is 49.8 Å². The molecule has 6 rings (SSSR count). The van der Waals surface area contributed by atoms with Crippen LogP contribution in [0.15, 0.2) is 91.0 Å². The van der Waals surface area contributed by atoms with Gasteiger partial charge in [0.05, 0.1) is 0 Å². The van der Waals surface area contributed by atoms with Crippen molar-refractivity contribution in [2.45, 2.75) is 27.2 Å². The van der Waals surface area contributed by atoms with E-state index in [1.807, 2.05) is 12.1 Å². The highest BCUT2D eigenvalue weighted by Gasteiger charge is 1.95. The van der Waals surface area contributed by atoms with E-state index in [1.54, 1.807) is 0 Å². The van der Waals surface area contributed by atoms with E-state index in [9.17, 15) is 0 Å². The maximum atomic E-state index is 3.35. The lowest BCUT2D eigenvalue weighted by molar-refractivity contribution is 1.07. The average Bonchev–Trinajstić information content (AvgIpc) is 3.48. The Kier molecular flexibility index (Phi) is 6.23. The summed E-state index contributed by atoms with van der Waals surface area (Å²) in [5, 5.41) is 3.89. The lowest BCUT2D eigenvalue weighted by Crippen LogP contribution is -1.74. The zero-order valence-corrected chi connectivity index (χ0v) is 18.4. The van der Waals surface area contributed by atoms with Gasteiger partial charge >= 0.3 is 0 Å². The van der Waals surface area contributed by atoms with Crippen molar-refractivity contribution in [1.82, 2.24) is 15.0 Å². The summed E-state index contributed by atoms with van der Waals surface area (Å²) in [6, 6.07) is 31.4. The first-order valence-corrected chi connectivity index (χ1v) is 10.8. The number of benzene rings is 3. The van der Waals surface area contributed by atoms with Gasteiger partial charge < -0.3 is 15.0 Å². The van der Waals surface area contributed by atoms with Crippen LogP contribution in [-0.4, -0.2) is 15.0 Å². The first-order valence-electron chi connectivity index (χ1n) is 10.8. The molecule has 3 N–H and O–H groups in total. The Bertz CT molecular complexity index is 1230. The summed E-state index contributed by atoms with van der Waals surface area (Å²) in [4.78, 5) is 9.86. The number of aromatic amines is 3. The topological polar surface area (TPSA) is 47.4 Å². The number of aryl methyl sites for hydroxylation is 3. The van der Waals surface area contributed by atoms with Gasteiger partial charge in [-0.1, -0.05) is 61.5 Å². The van der Waals surface area contributed by atoms with E-state index < -0.39 is 0 Å². The van der Waals surface area contributed by atoms with Gasteiger partial charge in [0.1, 0.15) is 0 Å². The molecular formula is C28H29N3. The number of para-hydroxylation sites is 3. The highest BCUT2D eigenvalue weighted by Crippen LogP contribution is 2.15. The zero-order chi connectivity index (χ0) is 21.6. The van der Waals surface area contributed by atoms with Crippen LogP contribution >= 0.6 is 0 Å². The third kappa shape index (κ3) is 5.07. The highest BCUT2D eigenvalue weighted by atomic mass is 14.7. The Morgan fingerprint density at radius 1 is 0.516 bits per heavy atom. The normalized spacial score (nSPS) is 10.5. The molecule has 0 fully saturated rings. The van der Waals surface area contributed by atoms with Crippen molar-refractivity contribution in [3.05, 3.63) is 108 Å². The summed E-state index contributed by atoms with van der Waals surface area (Å²) in [5.74, 6) is 0. The van der Waals surface area contributed by atoms with E-state index in [0.717, 1.165) is 6.42 Å². The largest absolute Gasteiger partial charge is 0.359 e. The minimum Gasteiger partial charge on any atom is -0.359 e. The van der Waals surface area contributed by atoms with Crippen LogP contribution in [-0.2, 0) is 6.42 Å². The molecule has 0 unspecified atom stereocenters. The fourth-order valence-electron chi connectivity index (χ4n) is 3.76. The fraction of sp³-hybridized carbons (Fsp3) is 0.143. The summed E-state index contributed by atoms with van der Waals surface area (Å²) in [5.41, 5.74) is 7.44. The molecule has 0 aliphatic heterocycles. The van der Waals surface area contributed by atoms with Gasteiger partial charge in [-0.2, -0.15) is 0 Å². The van der Waals surface area contributed by atoms with Crippen molar-refractivity contribution in [2.75, 3.05) is 0 Å². The van der Waals surface area contributed by atoms with Crippen molar-refractivity contribution in [2.24, 2.45) is 0 Å². The molecular weight excluding hydrogens is 378 g/mol. The van der Waals surface area contributed by atoms with Crippen molar-refractivity contribution in [3.63, 3.8) is 0 Å². The molecule has 3 nitrogen and oxygen atoms in total. The van der Waals surface area contributed by atoms with E-state index in [4.69, 9.17) is 0 Å². The van der Waals surface area contributed by atoms with E-state index >= 15 is 0 Å². The molecule has 0 atom stereocenters. The smallest absolute Gasteiger partial charge is 0.0456 e. The van der Waals surface area contributed by atoms with Crippen LogP contribution in [0.2, 0.25) is 0 Å². The molecule has 0 bridgehead atoms. The van der Waals surface area contributed by atoms with Crippen molar-refractivity contribution in [3.8, 4) is 0 Å². The Hall–Kier alpha value is -3.72. The average molecular weight is 408 g/mol. The Morgan fingerprint density at radius 3 is 1.29 bits per heavy atom. The van der Waals surface area contributed by atoms with E-state index in [0.29, 0.717) is 0 Å². The van der Waals surface area contributed by atoms with Gasteiger partial charge in [-0.15, -0.1) is 0 Å². The van der Waals surface area contributed by atoms with Crippen molar-refractivity contribution < 1.29 is 0 Å². The summed E-state index contributed by atoms with van der Waals surface area (Å²) in [7, 11) is 0. The van der Waals surface area contributed by atoms with Crippen molar-refractivity contribution in [1.29, 1.82) is 0 Å². The van der Waals surface area contributed by atoms with Gasteiger partial charge in [-0.3, -0.25) is 0 Å². The predicted molar refractivity (Wildman–Crippen MR) is 134 cm³/mol. The third-order valence-corrected chi connectivity index (χ3v) is 5.30. The van der Waals surface area contributed by atoms with Gasteiger partial charge in [-0.05, 0) is 72.8 Å². The molecule has 3 aromatic heterocycles. The van der Waals surface area contributed by atoms with Gasteiger partial charge in [0.15, 0.2) is 0 Å². The Labute approximate surface area is 183 Å². The van der Waals surface area contributed by atoms with Crippen LogP contribution in [0.25, 0.3) is 32.7 Å². The molecule has 31 heavy (non-hydrogen) atoms. The molecule has 0 saturated carbocycles. The van der Waals surface area contributed by atoms with Gasteiger partial charge in [0.2, 0.25) is 0 Å². The lowest BCUT2D eigenvalue weighted by atomic mass is 10.2. The minimum absolute atomic E-state index is 1.08. The molecule has 3 heteroatoms. The highest BCUT2D eigenvalue weighted by molar-refractivity contribution is 5.81. The molecule has 0 saturated heterocycles. The van der Waals surface area contributed by atoms with Crippen LogP contribution in [0.4, 0.5) is 0 Å². The fourth-order valence-corrected chi connectivity index (χ4v) is 3.76. The standard InChI is InChI=1S/C10H11N.2C9H9N/c1-2-9-7-8-5-3-4-6-10(8)11-9;2*1-7-6-8-4-2-3-5-9(8)10-7/h3-7,11H,2H2,1H3;2*2-6,10H,1H3. The Balaban J connectivity index is 0.000000112. The van der Waals surface area contributed by atoms with Gasteiger partial charge in [-0.25, -0.2) is 0 Å². The summed E-state index contributed by atoms with van der Waals surface area (Å²) >= 11 is 0. The number of rotatable bonds is 1. The molecule has 0 amide bonds. The zero-order valence-electron chi connectivity index (χ0n) is 18.4. The molecule has 0 aliphatic rings. The molecule has 3 aromatic carbocycles. The summed E-state index contributed by atoms with van der Waals surface area (Å²) < 4.78 is 0. The van der Waals surface area contributed by atoms with E-state index in [-0.39, 0.29) is 0 Å². The molecule has 6 aromatic rings. The summed E-state index contributed by atoms with van der Waals surface area (Å²) in [6.45, 7) is 6.30. The van der Waals surface area contributed by atoms with Crippen LogP contribution in [0.1, 0.15) is 24.0 Å². The molecule has 0 aliphatic carbocycles. The SMILES string of the molecule is CCc1cc2ccccc2[nH]1.Cc1cc2ccccc2[nH]1.Cc1cc2ccccc2[nH]1. The van der Waals surface area contributed by atoms with Gasteiger partial charge in [0, 0.05) is 33.6 Å². The van der Waals surface area contributed by atoms with Crippen LogP contribution < -0.4 is 0 Å². The number of fused-ring (bicyclic) bond motifs is 3. The number of hydrogen-bond donors (Lipinski definition) is 3. The second-order valence-corrected chi connectivity index (χ2v) is 7.81. The minimum atomic E-state index is 1.08. The maximum Gasteiger partial charge on any atom is 0.0456 e. The number of nitrogens with one attached hydrogen (secondary N) is 3. The first-order chi connectivity index (χ1) is 15.1. The molecule has 156 valence electrons. The second kappa shape index (κ2) is 9.40. The second-order valence-electron chi connectivity index (χ2n) is 7.81. The number of aromatic nitrogens is 3. The summed E-state index contributed by atoms with van der Waals surface area (Å²) in [6.07, 6.45) is 1.08. The van der Waals surface area contributed by atoms with Crippen molar-refractivity contribution >= 4 is 32.7 Å². The lowest BCUT2D eigenvalue weighted by Gasteiger charge is -1.85. The van der Waals surface area contributed by atoms with Crippen LogP contribution in [0.5, 0.6) is 0 Å². The third-order valence-electron chi connectivity index (χ3n) is 5.30. The van der Waals surface area contributed by atoms with Crippen LogP contribution in [0.3, 0.4) is 0 Å². The molecule has 0 spiro atoms. The predicted octanol–water partition coefficient (Wildman–Crippen LogP) is 7.68. The first kappa shape index (κ1) is 20.5. The quantitative estimate of drug-likeness (QED) is 0.250. The molecule has 3 heterocycles. The monoisotopic (exact) mass is 407 g/mol. The number of hydrogen-bond acceptors (Lipinski definition) is 0. The maximum absolute atomic E-state index is 3.35. The van der Waals surface area contributed by atoms with E-state index in [2.05, 4.69) is 115 Å². The van der Waals surface area contributed by atoms with Gasteiger partial charge in [0.25, 0.3) is 0 Å². The molecule has 0 radical (unpaired) electrons. The number of H-pyrrole nitrogens is 3. The van der Waals surface area contributed by atoms with Crippen LogP contribution in [0, 0.1) is 13.8 Å². The Morgan fingerprint density at radius 2 is 0.903 bits per heavy atom.